The van der Waals surface area contributed by atoms with Crippen molar-refractivity contribution in [1.29, 1.82) is 0 Å². The average molecular weight is 190 g/mol. The lowest BCUT2D eigenvalue weighted by molar-refractivity contribution is 0.373. The first-order valence-electron chi connectivity index (χ1n) is 4.42. The van der Waals surface area contributed by atoms with Gasteiger partial charge in [-0.25, -0.2) is 0 Å². The molecule has 0 aliphatic rings. The highest BCUT2D eigenvalue weighted by molar-refractivity contribution is 5.55. The van der Waals surface area contributed by atoms with Crippen LogP contribution in [-0.2, 0) is 0 Å². The molecular formula is C12H14O2. The van der Waals surface area contributed by atoms with Gasteiger partial charge in [0.2, 0.25) is 0 Å². The molecule has 1 N–H and O–H groups in total. The Bertz CT molecular complexity index is 340. The van der Waals surface area contributed by atoms with Crippen molar-refractivity contribution in [3.05, 3.63) is 42.5 Å². The zero-order valence-corrected chi connectivity index (χ0v) is 8.23. The Morgan fingerprint density at radius 3 is 2.93 bits per heavy atom. The third-order valence-electron chi connectivity index (χ3n) is 1.82. The van der Waals surface area contributed by atoms with Crippen LogP contribution in [0.3, 0.4) is 0 Å². The summed E-state index contributed by atoms with van der Waals surface area (Å²) in [5.74, 6) is 0.652. The number of aromatic hydroxyl groups is 1. The molecule has 0 bridgehead atoms. The van der Waals surface area contributed by atoms with Gasteiger partial charge in [-0.1, -0.05) is 24.3 Å². The van der Waals surface area contributed by atoms with Crippen LogP contribution in [0.4, 0.5) is 0 Å². The number of rotatable bonds is 4. The number of phenolic OH excluding ortho intramolecular Hbond substituents is 1. The molecule has 2 heteroatoms. The Hall–Kier alpha value is -1.70. The maximum absolute atomic E-state index is 9.34. The van der Waals surface area contributed by atoms with Crippen molar-refractivity contribution in [2.45, 2.75) is 6.42 Å². The van der Waals surface area contributed by atoms with Crippen LogP contribution in [-0.4, -0.2) is 12.2 Å². The van der Waals surface area contributed by atoms with Crippen LogP contribution >= 0.6 is 0 Å². The zero-order chi connectivity index (χ0) is 10.4. The van der Waals surface area contributed by atoms with E-state index in [-0.39, 0.29) is 5.75 Å². The fourth-order valence-electron chi connectivity index (χ4n) is 1.10. The maximum atomic E-state index is 9.34. The predicted molar refractivity (Wildman–Crippen MR) is 58.5 cm³/mol. The molecule has 1 rings (SSSR count). The van der Waals surface area contributed by atoms with Gasteiger partial charge in [0.25, 0.3) is 0 Å². The molecule has 0 unspecified atom stereocenters. The van der Waals surface area contributed by atoms with Crippen LogP contribution in [0.2, 0.25) is 0 Å². The van der Waals surface area contributed by atoms with Gasteiger partial charge in [-0.3, -0.25) is 0 Å². The number of hydrogen-bond donors (Lipinski definition) is 1. The van der Waals surface area contributed by atoms with E-state index < -0.39 is 0 Å². The van der Waals surface area contributed by atoms with Gasteiger partial charge in [-0.05, 0) is 24.1 Å². The lowest BCUT2D eigenvalue weighted by Crippen LogP contribution is -1.83. The number of phenols is 1. The summed E-state index contributed by atoms with van der Waals surface area (Å²) in [6, 6.07) is 5.23. The third kappa shape index (κ3) is 2.66. The minimum atomic E-state index is 0.161. The number of benzene rings is 1. The second-order valence-corrected chi connectivity index (χ2v) is 2.86. The molecule has 0 heterocycles. The summed E-state index contributed by atoms with van der Waals surface area (Å²) in [7, 11) is 1.53. The summed E-state index contributed by atoms with van der Waals surface area (Å²) in [6.07, 6.45) is 6.62. The van der Waals surface area contributed by atoms with Gasteiger partial charge in [0.1, 0.15) is 0 Å². The lowest BCUT2D eigenvalue weighted by atomic mass is 10.2. The van der Waals surface area contributed by atoms with Gasteiger partial charge in [-0.2, -0.15) is 0 Å². The van der Waals surface area contributed by atoms with Crippen molar-refractivity contribution >= 4 is 6.08 Å². The summed E-state index contributed by atoms with van der Waals surface area (Å²) in [4.78, 5) is 0. The Labute approximate surface area is 84.1 Å². The molecule has 0 fully saturated rings. The smallest absolute Gasteiger partial charge is 0.161 e. The van der Waals surface area contributed by atoms with Crippen molar-refractivity contribution in [3.8, 4) is 11.5 Å². The fraction of sp³-hybridized carbons (Fsp3) is 0.167. The SMILES string of the molecule is C=CC/C=C/c1ccc(O)c(OC)c1. The van der Waals surface area contributed by atoms with E-state index in [1.807, 2.05) is 24.3 Å². The largest absolute Gasteiger partial charge is 0.504 e. The molecule has 0 aliphatic carbocycles. The lowest BCUT2D eigenvalue weighted by Gasteiger charge is -2.03. The molecule has 0 spiro atoms. The monoisotopic (exact) mass is 190 g/mol. The van der Waals surface area contributed by atoms with E-state index >= 15 is 0 Å². The summed E-state index contributed by atoms with van der Waals surface area (Å²) < 4.78 is 4.99. The molecule has 0 radical (unpaired) electrons. The molecule has 2 nitrogen and oxygen atoms in total. The molecule has 0 saturated carbocycles. The van der Waals surface area contributed by atoms with Crippen molar-refractivity contribution in [2.24, 2.45) is 0 Å². The Balaban J connectivity index is 2.83. The minimum Gasteiger partial charge on any atom is -0.504 e. The minimum absolute atomic E-state index is 0.161. The Morgan fingerprint density at radius 1 is 1.50 bits per heavy atom. The van der Waals surface area contributed by atoms with E-state index in [0.29, 0.717) is 5.75 Å². The first-order valence-corrected chi connectivity index (χ1v) is 4.42. The molecule has 0 aliphatic heterocycles. The number of ether oxygens (including phenoxy) is 1. The second kappa shape index (κ2) is 5.12. The molecule has 1 aromatic carbocycles. The Morgan fingerprint density at radius 2 is 2.29 bits per heavy atom. The van der Waals surface area contributed by atoms with Crippen LogP contribution < -0.4 is 4.74 Å². The zero-order valence-electron chi connectivity index (χ0n) is 8.23. The fourth-order valence-corrected chi connectivity index (χ4v) is 1.10. The first kappa shape index (κ1) is 10.4. The van der Waals surface area contributed by atoms with E-state index in [1.165, 1.54) is 7.11 Å². The van der Waals surface area contributed by atoms with Crippen LogP contribution in [0.5, 0.6) is 11.5 Å². The normalized spacial score (nSPS) is 10.4. The molecule has 0 aromatic heterocycles. The molecule has 0 amide bonds. The van der Waals surface area contributed by atoms with Crippen molar-refractivity contribution in [2.75, 3.05) is 7.11 Å². The van der Waals surface area contributed by atoms with E-state index in [0.717, 1.165) is 12.0 Å². The summed E-state index contributed by atoms with van der Waals surface area (Å²) in [5, 5.41) is 9.34. The van der Waals surface area contributed by atoms with E-state index in [1.54, 1.807) is 12.1 Å². The van der Waals surface area contributed by atoms with Crippen molar-refractivity contribution in [1.82, 2.24) is 0 Å². The van der Waals surface area contributed by atoms with Gasteiger partial charge in [0.15, 0.2) is 11.5 Å². The molecule has 0 atom stereocenters. The van der Waals surface area contributed by atoms with Crippen LogP contribution in [0, 0.1) is 0 Å². The predicted octanol–water partition coefficient (Wildman–Crippen LogP) is 2.99. The van der Waals surface area contributed by atoms with Gasteiger partial charge >= 0.3 is 0 Å². The number of methoxy groups -OCH3 is 1. The van der Waals surface area contributed by atoms with Gasteiger partial charge in [0, 0.05) is 0 Å². The number of allylic oxidation sites excluding steroid dienone is 2. The summed E-state index contributed by atoms with van der Waals surface area (Å²) in [5.41, 5.74) is 1.00. The molecule has 14 heavy (non-hydrogen) atoms. The number of hydrogen-bond acceptors (Lipinski definition) is 2. The quantitative estimate of drug-likeness (QED) is 0.739. The Kier molecular flexibility index (Phi) is 3.80. The van der Waals surface area contributed by atoms with Gasteiger partial charge < -0.3 is 9.84 Å². The third-order valence-corrected chi connectivity index (χ3v) is 1.82. The standard InChI is InChI=1S/C12H14O2/c1-3-4-5-6-10-7-8-11(13)12(9-10)14-2/h3,5-9,13H,1,4H2,2H3/b6-5+. The highest BCUT2D eigenvalue weighted by Gasteiger charge is 1.99. The molecule has 1 aromatic rings. The van der Waals surface area contributed by atoms with Crippen LogP contribution in [0.15, 0.2) is 36.9 Å². The second-order valence-electron chi connectivity index (χ2n) is 2.86. The van der Waals surface area contributed by atoms with Gasteiger partial charge in [-0.15, -0.1) is 6.58 Å². The van der Waals surface area contributed by atoms with E-state index in [4.69, 9.17) is 4.74 Å². The molecule has 0 saturated heterocycles. The maximum Gasteiger partial charge on any atom is 0.161 e. The molecule has 74 valence electrons. The first-order chi connectivity index (χ1) is 6.77. The van der Waals surface area contributed by atoms with Crippen LogP contribution in [0.1, 0.15) is 12.0 Å². The van der Waals surface area contributed by atoms with E-state index in [2.05, 4.69) is 6.58 Å². The van der Waals surface area contributed by atoms with E-state index in [9.17, 15) is 5.11 Å². The van der Waals surface area contributed by atoms with Crippen LogP contribution in [0.25, 0.3) is 6.08 Å². The van der Waals surface area contributed by atoms with Crippen molar-refractivity contribution in [3.63, 3.8) is 0 Å². The highest BCUT2D eigenvalue weighted by atomic mass is 16.5. The van der Waals surface area contributed by atoms with Crippen molar-refractivity contribution < 1.29 is 9.84 Å². The van der Waals surface area contributed by atoms with Gasteiger partial charge in [0.05, 0.1) is 7.11 Å². The topological polar surface area (TPSA) is 29.5 Å². The summed E-state index contributed by atoms with van der Waals surface area (Å²) in [6.45, 7) is 3.62. The highest BCUT2D eigenvalue weighted by Crippen LogP contribution is 2.26. The average Bonchev–Trinajstić information content (AvgIpc) is 2.21. The summed E-state index contributed by atoms with van der Waals surface area (Å²) >= 11 is 0. The molecular weight excluding hydrogens is 176 g/mol.